The molecule has 156 valence electrons. The summed E-state index contributed by atoms with van der Waals surface area (Å²) in [6, 6.07) is 6.11. The first-order valence-corrected chi connectivity index (χ1v) is 9.54. The largest absolute Gasteiger partial charge is 0.490 e. The predicted octanol–water partition coefficient (Wildman–Crippen LogP) is 3.13. The van der Waals surface area contributed by atoms with Gasteiger partial charge in [-0.1, -0.05) is 6.07 Å². The molecule has 1 aromatic carbocycles. The second-order valence-corrected chi connectivity index (χ2v) is 6.04. The van der Waals surface area contributed by atoms with E-state index in [0.29, 0.717) is 19.8 Å². The number of hydrogen-bond acceptors (Lipinski definition) is 4. The van der Waals surface area contributed by atoms with Crippen molar-refractivity contribution < 1.29 is 9.47 Å². The zero-order valence-corrected chi connectivity index (χ0v) is 19.5. The van der Waals surface area contributed by atoms with Crippen molar-refractivity contribution in [3.8, 4) is 11.5 Å². The molecule has 0 radical (unpaired) electrons. The molecule has 0 fully saturated rings. The lowest BCUT2D eigenvalue weighted by atomic mass is 10.1. The Morgan fingerprint density at radius 1 is 1.07 bits per heavy atom. The Kier molecular flexibility index (Phi) is 11.4. The van der Waals surface area contributed by atoms with Crippen LogP contribution in [0.25, 0.3) is 0 Å². The SMILES string of the molecule is CCNC(=NCc1cnn(C)c1)NCCc1ccc(OCC)c(OCC)c1.I. The summed E-state index contributed by atoms with van der Waals surface area (Å²) in [5.41, 5.74) is 2.28. The number of aliphatic imine (C=N–C) groups is 1. The molecule has 7 nitrogen and oxygen atoms in total. The summed E-state index contributed by atoms with van der Waals surface area (Å²) in [7, 11) is 1.91. The lowest BCUT2D eigenvalue weighted by molar-refractivity contribution is 0.287. The highest BCUT2D eigenvalue weighted by Gasteiger charge is 2.06. The average molecular weight is 501 g/mol. The smallest absolute Gasteiger partial charge is 0.191 e. The lowest BCUT2D eigenvalue weighted by Gasteiger charge is -2.14. The molecule has 0 saturated heterocycles. The summed E-state index contributed by atoms with van der Waals surface area (Å²) in [6.07, 6.45) is 4.67. The molecule has 0 aliphatic rings. The van der Waals surface area contributed by atoms with Gasteiger partial charge in [0.25, 0.3) is 0 Å². The van der Waals surface area contributed by atoms with E-state index in [1.807, 2.05) is 39.4 Å². The van der Waals surface area contributed by atoms with Crippen LogP contribution in [0.4, 0.5) is 0 Å². The second-order valence-electron chi connectivity index (χ2n) is 6.04. The fraction of sp³-hybridized carbons (Fsp3) is 0.500. The van der Waals surface area contributed by atoms with E-state index in [9.17, 15) is 0 Å². The summed E-state index contributed by atoms with van der Waals surface area (Å²) in [6.45, 7) is 9.44. The predicted molar refractivity (Wildman–Crippen MR) is 124 cm³/mol. The monoisotopic (exact) mass is 501 g/mol. The van der Waals surface area contributed by atoms with Crippen LogP contribution in [0.3, 0.4) is 0 Å². The second kappa shape index (κ2) is 13.2. The minimum atomic E-state index is 0. The van der Waals surface area contributed by atoms with E-state index in [4.69, 9.17) is 9.47 Å². The Balaban J connectivity index is 0.00000392. The third-order valence-corrected chi connectivity index (χ3v) is 3.84. The molecule has 2 N–H and O–H groups in total. The zero-order valence-electron chi connectivity index (χ0n) is 17.2. The van der Waals surface area contributed by atoms with Gasteiger partial charge in [0.2, 0.25) is 0 Å². The van der Waals surface area contributed by atoms with Crippen LogP contribution in [0.1, 0.15) is 31.9 Å². The molecule has 0 aliphatic heterocycles. The van der Waals surface area contributed by atoms with Gasteiger partial charge < -0.3 is 20.1 Å². The van der Waals surface area contributed by atoms with Crippen LogP contribution in [0.15, 0.2) is 35.6 Å². The highest BCUT2D eigenvalue weighted by Crippen LogP contribution is 2.28. The van der Waals surface area contributed by atoms with Gasteiger partial charge in [-0.2, -0.15) is 5.10 Å². The number of guanidine groups is 1. The summed E-state index contributed by atoms with van der Waals surface area (Å²) in [4.78, 5) is 4.61. The molecular weight excluding hydrogens is 469 g/mol. The summed E-state index contributed by atoms with van der Waals surface area (Å²) in [5, 5.41) is 10.8. The van der Waals surface area contributed by atoms with E-state index in [0.717, 1.165) is 42.5 Å². The minimum absolute atomic E-state index is 0. The van der Waals surface area contributed by atoms with Crippen molar-refractivity contribution in [3.05, 3.63) is 41.7 Å². The van der Waals surface area contributed by atoms with Crippen molar-refractivity contribution in [1.82, 2.24) is 20.4 Å². The standard InChI is InChI=1S/C20H31N5O2.HI/c1-5-21-20(23-13-17-14-24-25(4)15-17)22-11-10-16-8-9-18(26-6-2)19(12-16)27-7-3;/h8-9,12,14-15H,5-7,10-11,13H2,1-4H3,(H2,21,22,23);1H. The van der Waals surface area contributed by atoms with Gasteiger partial charge in [0.05, 0.1) is 26.0 Å². The number of ether oxygens (including phenoxy) is 2. The first-order chi connectivity index (χ1) is 13.2. The molecule has 0 aliphatic carbocycles. The quantitative estimate of drug-likeness (QED) is 0.298. The molecule has 2 aromatic rings. The van der Waals surface area contributed by atoms with Crippen molar-refractivity contribution in [1.29, 1.82) is 0 Å². The summed E-state index contributed by atoms with van der Waals surface area (Å²) < 4.78 is 13.1. The van der Waals surface area contributed by atoms with E-state index in [-0.39, 0.29) is 24.0 Å². The van der Waals surface area contributed by atoms with Gasteiger partial charge in [-0.3, -0.25) is 4.68 Å². The van der Waals surface area contributed by atoms with Gasteiger partial charge in [0, 0.05) is 31.9 Å². The Bertz CT molecular complexity index is 733. The van der Waals surface area contributed by atoms with Crippen molar-refractivity contribution in [2.75, 3.05) is 26.3 Å². The number of nitrogens with zero attached hydrogens (tertiary/aromatic N) is 3. The van der Waals surface area contributed by atoms with E-state index in [1.54, 1.807) is 4.68 Å². The molecule has 28 heavy (non-hydrogen) atoms. The van der Waals surface area contributed by atoms with Gasteiger partial charge in [-0.05, 0) is 44.9 Å². The Labute approximate surface area is 184 Å². The van der Waals surface area contributed by atoms with E-state index < -0.39 is 0 Å². The maximum Gasteiger partial charge on any atom is 0.191 e. The first kappa shape index (κ1) is 24.1. The third-order valence-electron chi connectivity index (χ3n) is 3.84. The molecule has 8 heteroatoms. The fourth-order valence-electron chi connectivity index (χ4n) is 2.64. The number of halogens is 1. The van der Waals surface area contributed by atoms with Gasteiger partial charge >= 0.3 is 0 Å². The first-order valence-electron chi connectivity index (χ1n) is 9.54. The van der Waals surface area contributed by atoms with E-state index in [2.05, 4.69) is 39.8 Å². The van der Waals surface area contributed by atoms with Crippen molar-refractivity contribution >= 4 is 29.9 Å². The molecule has 0 amide bonds. The topological polar surface area (TPSA) is 72.7 Å². The number of aryl methyl sites for hydroxylation is 1. The molecule has 0 unspecified atom stereocenters. The van der Waals surface area contributed by atoms with Crippen LogP contribution in [-0.2, 0) is 20.0 Å². The molecule has 1 heterocycles. The summed E-state index contributed by atoms with van der Waals surface area (Å²) in [5.74, 6) is 2.40. The number of rotatable bonds is 10. The van der Waals surface area contributed by atoms with Crippen LogP contribution in [0.5, 0.6) is 11.5 Å². The maximum atomic E-state index is 5.70. The average Bonchev–Trinajstić information content (AvgIpc) is 3.07. The van der Waals surface area contributed by atoms with Gasteiger partial charge in [-0.25, -0.2) is 4.99 Å². The third kappa shape index (κ3) is 7.95. The molecular formula is C20H32IN5O2. The molecule has 0 spiro atoms. The van der Waals surface area contributed by atoms with Gasteiger partial charge in [0.1, 0.15) is 0 Å². The number of benzene rings is 1. The molecule has 0 atom stereocenters. The Morgan fingerprint density at radius 3 is 2.46 bits per heavy atom. The maximum absolute atomic E-state index is 5.70. The van der Waals surface area contributed by atoms with Crippen molar-refractivity contribution in [2.24, 2.45) is 12.0 Å². The normalized spacial score (nSPS) is 10.9. The van der Waals surface area contributed by atoms with Gasteiger partial charge in [0.15, 0.2) is 17.5 Å². The number of hydrogen-bond donors (Lipinski definition) is 2. The fourth-order valence-corrected chi connectivity index (χ4v) is 2.64. The number of nitrogens with one attached hydrogen (secondary N) is 2. The Morgan fingerprint density at radius 2 is 1.82 bits per heavy atom. The molecule has 0 bridgehead atoms. The molecule has 0 saturated carbocycles. The minimum Gasteiger partial charge on any atom is -0.490 e. The van der Waals surface area contributed by atoms with Gasteiger partial charge in [-0.15, -0.1) is 24.0 Å². The van der Waals surface area contributed by atoms with Crippen LogP contribution in [-0.4, -0.2) is 42.0 Å². The zero-order chi connectivity index (χ0) is 19.5. The highest BCUT2D eigenvalue weighted by molar-refractivity contribution is 14.0. The van der Waals surface area contributed by atoms with Crippen LogP contribution >= 0.6 is 24.0 Å². The lowest BCUT2D eigenvalue weighted by Crippen LogP contribution is -2.38. The van der Waals surface area contributed by atoms with Crippen LogP contribution in [0.2, 0.25) is 0 Å². The van der Waals surface area contributed by atoms with Crippen molar-refractivity contribution in [2.45, 2.75) is 33.7 Å². The highest BCUT2D eigenvalue weighted by atomic mass is 127. The van der Waals surface area contributed by atoms with Crippen molar-refractivity contribution in [3.63, 3.8) is 0 Å². The summed E-state index contributed by atoms with van der Waals surface area (Å²) >= 11 is 0. The Hall–Kier alpha value is -1.97. The van der Waals surface area contributed by atoms with E-state index >= 15 is 0 Å². The van der Waals surface area contributed by atoms with Crippen LogP contribution < -0.4 is 20.1 Å². The molecule has 1 aromatic heterocycles. The molecule has 2 rings (SSSR count). The number of aromatic nitrogens is 2. The van der Waals surface area contributed by atoms with Crippen LogP contribution in [0, 0.1) is 0 Å². The van der Waals surface area contributed by atoms with E-state index in [1.165, 1.54) is 5.56 Å².